The van der Waals surface area contributed by atoms with Crippen LogP contribution in [0.4, 0.5) is 21.3 Å². The van der Waals surface area contributed by atoms with E-state index in [1.165, 1.54) is 7.11 Å². The molecule has 3 aromatic rings. The number of ether oxygens (including phenoxy) is 1. The van der Waals surface area contributed by atoms with Gasteiger partial charge in [0, 0.05) is 5.69 Å². The lowest BCUT2D eigenvalue weighted by Gasteiger charge is -2.08. The fourth-order valence-electron chi connectivity index (χ4n) is 2.48. The minimum atomic E-state index is -0.422. The molecule has 0 saturated carbocycles. The molecule has 0 aliphatic carbocycles. The molecule has 0 radical (unpaired) electrons. The van der Waals surface area contributed by atoms with Gasteiger partial charge in [-0.25, -0.2) is 9.78 Å². The molecule has 0 spiro atoms. The molecule has 1 heterocycles. The van der Waals surface area contributed by atoms with Gasteiger partial charge in [0.15, 0.2) is 5.13 Å². The highest BCUT2D eigenvalue weighted by Crippen LogP contribution is 2.27. The zero-order valence-electron chi connectivity index (χ0n) is 15.7. The normalized spacial score (nSPS) is 10.2. The monoisotopic (exact) mass is 396 g/mol. The van der Waals surface area contributed by atoms with Gasteiger partial charge in [-0.2, -0.15) is 0 Å². The Morgan fingerprint density at radius 2 is 1.68 bits per heavy atom. The van der Waals surface area contributed by atoms with Gasteiger partial charge in [0.25, 0.3) is 5.91 Å². The standard InChI is InChI=1S/C20H20N4O3S/c1-12-8-10-14(11-9-12)22-19(26)24-20-21-13(2)17(28-20)18(25)23-15-6-4-5-7-16(15)27-3/h4-11H,1-3H3,(H,23,25)(H2,21,22,24,26). The van der Waals surface area contributed by atoms with E-state index in [0.29, 0.717) is 32.8 Å². The molecule has 28 heavy (non-hydrogen) atoms. The van der Waals surface area contributed by atoms with E-state index < -0.39 is 6.03 Å². The third kappa shape index (κ3) is 4.66. The van der Waals surface area contributed by atoms with Crippen molar-refractivity contribution in [3.63, 3.8) is 0 Å². The Bertz CT molecular complexity index is 999. The van der Waals surface area contributed by atoms with Crippen molar-refractivity contribution in [2.45, 2.75) is 13.8 Å². The molecule has 3 N–H and O–H groups in total. The maximum atomic E-state index is 12.6. The summed E-state index contributed by atoms with van der Waals surface area (Å²) < 4.78 is 5.24. The van der Waals surface area contributed by atoms with Crippen molar-refractivity contribution in [3.05, 3.63) is 64.7 Å². The summed E-state index contributed by atoms with van der Waals surface area (Å²) in [4.78, 5) is 29.4. The van der Waals surface area contributed by atoms with Crippen LogP contribution in [-0.2, 0) is 0 Å². The number of nitrogens with zero attached hydrogens (tertiary/aromatic N) is 1. The summed E-state index contributed by atoms with van der Waals surface area (Å²) in [5.41, 5.74) is 2.87. The summed E-state index contributed by atoms with van der Waals surface area (Å²) in [7, 11) is 1.54. The average molecular weight is 396 g/mol. The van der Waals surface area contributed by atoms with Crippen LogP contribution >= 0.6 is 11.3 Å². The molecule has 0 atom stereocenters. The number of carbonyl (C=O) groups is 2. The first-order valence-electron chi connectivity index (χ1n) is 8.52. The molecule has 1 aromatic heterocycles. The van der Waals surface area contributed by atoms with Gasteiger partial charge in [-0.1, -0.05) is 41.2 Å². The van der Waals surface area contributed by atoms with Gasteiger partial charge < -0.3 is 15.4 Å². The van der Waals surface area contributed by atoms with Crippen molar-refractivity contribution >= 4 is 39.8 Å². The summed E-state index contributed by atoms with van der Waals surface area (Å²) in [5, 5.41) is 8.54. The molecule has 144 valence electrons. The Labute approximate surface area is 166 Å². The number of urea groups is 1. The summed E-state index contributed by atoms with van der Waals surface area (Å²) >= 11 is 1.11. The molecule has 8 heteroatoms. The molecule has 0 fully saturated rings. The van der Waals surface area contributed by atoms with Crippen LogP contribution in [-0.4, -0.2) is 24.0 Å². The number of aromatic nitrogens is 1. The van der Waals surface area contributed by atoms with Crippen LogP contribution in [0.25, 0.3) is 0 Å². The number of hydrogen-bond acceptors (Lipinski definition) is 5. The minimum absolute atomic E-state index is 0.313. The zero-order chi connectivity index (χ0) is 20.1. The highest BCUT2D eigenvalue weighted by atomic mass is 32.1. The highest BCUT2D eigenvalue weighted by Gasteiger charge is 2.18. The number of carbonyl (C=O) groups excluding carboxylic acids is 2. The Kier molecular flexibility index (Phi) is 5.90. The van der Waals surface area contributed by atoms with Crippen molar-refractivity contribution in [2.24, 2.45) is 0 Å². The van der Waals surface area contributed by atoms with E-state index in [-0.39, 0.29) is 5.91 Å². The van der Waals surface area contributed by atoms with E-state index in [1.807, 2.05) is 37.3 Å². The molecule has 7 nitrogen and oxygen atoms in total. The number of aryl methyl sites for hydroxylation is 2. The van der Waals surface area contributed by atoms with Crippen LogP contribution in [0.2, 0.25) is 0 Å². The van der Waals surface area contributed by atoms with E-state index in [0.717, 1.165) is 16.9 Å². The number of nitrogens with one attached hydrogen (secondary N) is 3. The SMILES string of the molecule is COc1ccccc1NC(=O)c1sc(NC(=O)Nc2ccc(C)cc2)nc1C. The van der Waals surface area contributed by atoms with Gasteiger partial charge in [0.2, 0.25) is 0 Å². The second-order valence-electron chi connectivity index (χ2n) is 6.03. The van der Waals surface area contributed by atoms with Crippen molar-refractivity contribution in [3.8, 4) is 5.75 Å². The van der Waals surface area contributed by atoms with Crippen molar-refractivity contribution < 1.29 is 14.3 Å². The topological polar surface area (TPSA) is 92.4 Å². The van der Waals surface area contributed by atoms with E-state index >= 15 is 0 Å². The fraction of sp³-hybridized carbons (Fsp3) is 0.150. The lowest BCUT2D eigenvalue weighted by atomic mass is 10.2. The second-order valence-corrected chi connectivity index (χ2v) is 7.03. The van der Waals surface area contributed by atoms with Crippen LogP contribution in [0.15, 0.2) is 48.5 Å². The first-order chi connectivity index (χ1) is 13.5. The first-order valence-corrected chi connectivity index (χ1v) is 9.34. The molecule has 3 amide bonds. The number of anilines is 3. The Morgan fingerprint density at radius 3 is 2.39 bits per heavy atom. The van der Waals surface area contributed by atoms with Crippen LogP contribution in [0, 0.1) is 13.8 Å². The zero-order valence-corrected chi connectivity index (χ0v) is 16.5. The number of hydrogen-bond donors (Lipinski definition) is 3. The van der Waals surface area contributed by atoms with Gasteiger partial charge in [-0.3, -0.25) is 10.1 Å². The molecule has 3 rings (SSSR count). The fourth-order valence-corrected chi connectivity index (χ4v) is 3.34. The summed E-state index contributed by atoms with van der Waals surface area (Å²) in [5.74, 6) is 0.250. The van der Waals surface area contributed by atoms with E-state index in [2.05, 4.69) is 20.9 Å². The molecule has 2 aromatic carbocycles. The maximum absolute atomic E-state index is 12.6. The molecular formula is C20H20N4O3S. The van der Waals surface area contributed by atoms with Gasteiger partial charge in [-0.05, 0) is 38.1 Å². The highest BCUT2D eigenvalue weighted by molar-refractivity contribution is 7.17. The largest absolute Gasteiger partial charge is 0.495 e. The quantitative estimate of drug-likeness (QED) is 0.585. The summed E-state index contributed by atoms with van der Waals surface area (Å²) in [6.07, 6.45) is 0. The molecular weight excluding hydrogens is 376 g/mol. The van der Waals surface area contributed by atoms with Crippen LogP contribution < -0.4 is 20.7 Å². The third-order valence-electron chi connectivity index (χ3n) is 3.89. The number of thiazole rings is 1. The van der Waals surface area contributed by atoms with Gasteiger partial charge in [-0.15, -0.1) is 0 Å². The lowest BCUT2D eigenvalue weighted by Crippen LogP contribution is -2.19. The second kappa shape index (κ2) is 8.53. The van der Waals surface area contributed by atoms with Crippen LogP contribution in [0.5, 0.6) is 5.75 Å². The number of methoxy groups -OCH3 is 1. The van der Waals surface area contributed by atoms with Gasteiger partial charge >= 0.3 is 6.03 Å². The van der Waals surface area contributed by atoms with Crippen molar-refractivity contribution in [1.82, 2.24) is 4.98 Å². The smallest absolute Gasteiger partial charge is 0.325 e. The molecule has 0 aliphatic rings. The number of para-hydroxylation sites is 2. The lowest BCUT2D eigenvalue weighted by molar-refractivity contribution is 0.102. The van der Waals surface area contributed by atoms with Crippen molar-refractivity contribution in [1.29, 1.82) is 0 Å². The Balaban J connectivity index is 1.67. The third-order valence-corrected chi connectivity index (χ3v) is 4.96. The predicted molar refractivity (Wildman–Crippen MR) is 112 cm³/mol. The van der Waals surface area contributed by atoms with Crippen LogP contribution in [0.3, 0.4) is 0 Å². The van der Waals surface area contributed by atoms with Gasteiger partial charge in [0.1, 0.15) is 10.6 Å². The molecule has 0 saturated heterocycles. The van der Waals surface area contributed by atoms with E-state index in [9.17, 15) is 9.59 Å². The summed E-state index contributed by atoms with van der Waals surface area (Å²) in [6, 6.07) is 14.2. The van der Waals surface area contributed by atoms with E-state index in [1.54, 1.807) is 25.1 Å². The number of amides is 3. The molecule has 0 aliphatic heterocycles. The number of benzene rings is 2. The number of rotatable bonds is 5. The first kappa shape index (κ1) is 19.4. The Hall–Kier alpha value is -3.39. The minimum Gasteiger partial charge on any atom is -0.495 e. The Morgan fingerprint density at radius 1 is 0.964 bits per heavy atom. The maximum Gasteiger partial charge on any atom is 0.325 e. The van der Waals surface area contributed by atoms with E-state index in [4.69, 9.17) is 4.74 Å². The van der Waals surface area contributed by atoms with Crippen molar-refractivity contribution in [2.75, 3.05) is 23.1 Å². The average Bonchev–Trinajstić information content (AvgIpc) is 3.04. The molecule has 0 unspecified atom stereocenters. The predicted octanol–water partition coefficient (Wildman–Crippen LogP) is 4.66. The van der Waals surface area contributed by atoms with Gasteiger partial charge in [0.05, 0.1) is 18.5 Å². The molecule has 0 bridgehead atoms. The van der Waals surface area contributed by atoms with Crippen LogP contribution in [0.1, 0.15) is 20.9 Å². The summed E-state index contributed by atoms with van der Waals surface area (Å²) in [6.45, 7) is 3.69.